The molecule has 0 aromatic carbocycles. The predicted molar refractivity (Wildman–Crippen MR) is 64.6 cm³/mol. The van der Waals surface area contributed by atoms with Gasteiger partial charge in [0.25, 0.3) is 11.1 Å². The van der Waals surface area contributed by atoms with Gasteiger partial charge in [0.1, 0.15) is 18.3 Å². The minimum absolute atomic E-state index is 0.00579. The Morgan fingerprint density at radius 2 is 1.17 bits per heavy atom. The highest BCUT2D eigenvalue weighted by Gasteiger charge is 1.83. The van der Waals surface area contributed by atoms with Crippen molar-refractivity contribution in [2.24, 2.45) is 0 Å². The van der Waals surface area contributed by atoms with Gasteiger partial charge in [0.15, 0.2) is 0 Å². The van der Waals surface area contributed by atoms with Crippen LogP contribution in [-0.4, -0.2) is 27.0 Å². The second kappa shape index (κ2) is 8.34. The molecule has 18 heavy (non-hydrogen) atoms. The number of rotatable bonds is 0. The van der Waals surface area contributed by atoms with Gasteiger partial charge in [-0.3, -0.25) is 9.59 Å². The summed E-state index contributed by atoms with van der Waals surface area (Å²) in [5, 5.41) is 17.2. The normalized spacial score (nSPS) is 8.22. The van der Waals surface area contributed by atoms with Crippen molar-refractivity contribution in [3.8, 4) is 11.5 Å². The summed E-state index contributed by atoms with van der Waals surface area (Å²) in [5.41, 5.74) is -0.574. The topological polar surface area (TPSA) is 123 Å². The molecular formula is C11H12N2O5. The van der Waals surface area contributed by atoms with Gasteiger partial charge in [-0.05, 0) is 12.1 Å². The maximum atomic E-state index is 10.3. The lowest BCUT2D eigenvalue weighted by Crippen LogP contribution is -1.99. The second-order valence-corrected chi connectivity index (χ2v) is 2.82. The molecule has 4 N–H and O–H groups in total. The van der Waals surface area contributed by atoms with Crippen LogP contribution in [-0.2, 0) is 4.79 Å². The van der Waals surface area contributed by atoms with E-state index in [1.54, 1.807) is 0 Å². The molecule has 2 aromatic heterocycles. The molecule has 0 radical (unpaired) electrons. The Balaban J connectivity index is 0.000000283. The summed E-state index contributed by atoms with van der Waals surface area (Å²) in [5.74, 6) is -0.0116. The molecule has 0 spiro atoms. The maximum absolute atomic E-state index is 10.3. The summed E-state index contributed by atoms with van der Waals surface area (Å²) < 4.78 is 0. The van der Waals surface area contributed by atoms with Crippen LogP contribution in [0.25, 0.3) is 0 Å². The second-order valence-electron chi connectivity index (χ2n) is 2.82. The summed E-state index contributed by atoms with van der Waals surface area (Å²) >= 11 is 0. The number of hydrogen-bond donors (Lipinski definition) is 4. The molecule has 0 amide bonds. The van der Waals surface area contributed by atoms with Crippen molar-refractivity contribution < 1.29 is 15.0 Å². The number of aromatic amines is 2. The Morgan fingerprint density at radius 3 is 1.33 bits per heavy atom. The Morgan fingerprint density at radius 1 is 0.833 bits per heavy atom. The molecule has 7 nitrogen and oxygen atoms in total. The van der Waals surface area contributed by atoms with Crippen molar-refractivity contribution in [3.63, 3.8) is 0 Å². The summed E-state index contributed by atoms with van der Waals surface area (Å²) in [7, 11) is 0. The molecule has 2 rings (SSSR count). The van der Waals surface area contributed by atoms with E-state index in [0.717, 1.165) is 12.1 Å². The van der Waals surface area contributed by atoms with Crippen LogP contribution >= 0.6 is 0 Å². The molecule has 0 bridgehead atoms. The van der Waals surface area contributed by atoms with Gasteiger partial charge >= 0.3 is 0 Å². The van der Waals surface area contributed by atoms with Gasteiger partial charge in [-0.15, -0.1) is 0 Å². The van der Waals surface area contributed by atoms with Crippen LogP contribution in [0, 0.1) is 0 Å². The number of aromatic hydroxyl groups is 2. The Labute approximate surface area is 101 Å². The number of pyridine rings is 2. The van der Waals surface area contributed by atoms with E-state index >= 15 is 0 Å². The molecule has 0 unspecified atom stereocenters. The van der Waals surface area contributed by atoms with Crippen molar-refractivity contribution >= 4 is 6.79 Å². The Kier molecular flexibility index (Phi) is 7.03. The third-order valence-corrected chi connectivity index (χ3v) is 1.52. The van der Waals surface area contributed by atoms with E-state index in [0.29, 0.717) is 0 Å². The predicted octanol–water partition coefficient (Wildman–Crippen LogP) is -0.0239. The van der Waals surface area contributed by atoms with E-state index < -0.39 is 0 Å². The molecule has 0 fully saturated rings. The van der Waals surface area contributed by atoms with E-state index in [1.165, 1.54) is 24.5 Å². The summed E-state index contributed by atoms with van der Waals surface area (Å²) in [6, 6.07) is 5.03. The van der Waals surface area contributed by atoms with Crippen molar-refractivity contribution in [1.82, 2.24) is 9.97 Å². The van der Waals surface area contributed by atoms with Crippen molar-refractivity contribution in [1.29, 1.82) is 0 Å². The summed E-state index contributed by atoms with van der Waals surface area (Å²) in [6.45, 7) is 2.00. The molecule has 0 saturated carbocycles. The van der Waals surface area contributed by atoms with Gasteiger partial charge in [0.2, 0.25) is 0 Å². The molecule has 0 aliphatic carbocycles. The average molecular weight is 252 g/mol. The fraction of sp³-hybridized carbons (Fsp3) is 0. The van der Waals surface area contributed by atoms with E-state index in [1.807, 2.05) is 6.79 Å². The molecule has 0 aliphatic heterocycles. The van der Waals surface area contributed by atoms with Crippen LogP contribution in [0.5, 0.6) is 11.5 Å². The zero-order valence-electron chi connectivity index (χ0n) is 9.29. The van der Waals surface area contributed by atoms with E-state index in [-0.39, 0.29) is 22.6 Å². The van der Waals surface area contributed by atoms with Gasteiger partial charge in [-0.1, -0.05) is 0 Å². The van der Waals surface area contributed by atoms with E-state index in [4.69, 9.17) is 15.0 Å². The molecule has 2 heterocycles. The Hall–Kier alpha value is -2.83. The first-order chi connectivity index (χ1) is 8.58. The lowest BCUT2D eigenvalue weighted by Gasteiger charge is -1.83. The molecule has 7 heteroatoms. The van der Waals surface area contributed by atoms with Gasteiger partial charge in [0.05, 0.1) is 0 Å². The van der Waals surface area contributed by atoms with Crippen LogP contribution in [0.3, 0.4) is 0 Å². The molecule has 2 aromatic rings. The van der Waals surface area contributed by atoms with Gasteiger partial charge in [0, 0.05) is 24.5 Å². The standard InChI is InChI=1S/2C5H5NO2.CH2O/c2*7-4-1-2-6-5(8)3-4;1-2/h2*1-3H,(H2,6,7,8);1H2. The van der Waals surface area contributed by atoms with Gasteiger partial charge in [-0.2, -0.15) is 0 Å². The lowest BCUT2D eigenvalue weighted by molar-refractivity contribution is -0.0979. The first kappa shape index (κ1) is 15.2. The third kappa shape index (κ3) is 6.62. The minimum atomic E-state index is -0.287. The zero-order chi connectivity index (χ0) is 14.0. The molecule has 96 valence electrons. The van der Waals surface area contributed by atoms with E-state index in [9.17, 15) is 9.59 Å². The molecule has 0 aliphatic rings. The SMILES string of the molecule is C=O.O=c1cc(O)cc[nH]1.O=c1cc(O)cc[nH]1. The third-order valence-electron chi connectivity index (χ3n) is 1.52. The van der Waals surface area contributed by atoms with Crippen molar-refractivity contribution in [2.75, 3.05) is 0 Å². The highest BCUT2D eigenvalue weighted by Crippen LogP contribution is 1.97. The molecular weight excluding hydrogens is 240 g/mol. The average Bonchev–Trinajstić information content (AvgIpc) is 2.31. The zero-order valence-corrected chi connectivity index (χ0v) is 9.29. The fourth-order valence-corrected chi connectivity index (χ4v) is 0.867. The summed E-state index contributed by atoms with van der Waals surface area (Å²) in [4.78, 5) is 33.3. The Bertz CT molecular complexity index is 524. The molecule has 0 saturated heterocycles. The number of carbonyl (C=O) groups is 1. The highest BCUT2D eigenvalue weighted by atomic mass is 16.3. The fourth-order valence-electron chi connectivity index (χ4n) is 0.867. The first-order valence-corrected chi connectivity index (χ1v) is 4.62. The monoisotopic (exact) mass is 252 g/mol. The highest BCUT2D eigenvalue weighted by molar-refractivity contribution is 5.14. The van der Waals surface area contributed by atoms with Gasteiger partial charge in [-0.25, -0.2) is 0 Å². The van der Waals surface area contributed by atoms with Crippen LogP contribution in [0.2, 0.25) is 0 Å². The van der Waals surface area contributed by atoms with Crippen LogP contribution in [0.1, 0.15) is 0 Å². The van der Waals surface area contributed by atoms with Crippen LogP contribution in [0.15, 0.2) is 46.2 Å². The summed E-state index contributed by atoms with van der Waals surface area (Å²) in [6.07, 6.45) is 2.77. The number of hydrogen-bond acceptors (Lipinski definition) is 5. The first-order valence-electron chi connectivity index (χ1n) is 4.62. The number of aromatic nitrogens is 2. The number of nitrogens with one attached hydrogen (secondary N) is 2. The molecule has 0 atom stereocenters. The number of carbonyl (C=O) groups excluding carboxylic acids is 1. The van der Waals surface area contributed by atoms with Crippen LogP contribution < -0.4 is 11.1 Å². The van der Waals surface area contributed by atoms with Gasteiger partial charge < -0.3 is 25.0 Å². The lowest BCUT2D eigenvalue weighted by atomic mass is 10.5. The quantitative estimate of drug-likeness (QED) is 0.524. The minimum Gasteiger partial charge on any atom is -0.508 e. The smallest absolute Gasteiger partial charge is 0.251 e. The number of H-pyrrole nitrogens is 2. The van der Waals surface area contributed by atoms with Crippen LogP contribution in [0.4, 0.5) is 0 Å². The van der Waals surface area contributed by atoms with Crippen molar-refractivity contribution in [2.45, 2.75) is 0 Å². The maximum Gasteiger partial charge on any atom is 0.251 e. The van der Waals surface area contributed by atoms with E-state index in [2.05, 4.69) is 9.97 Å². The largest absolute Gasteiger partial charge is 0.508 e. The van der Waals surface area contributed by atoms with Crippen molar-refractivity contribution in [3.05, 3.63) is 57.4 Å².